The van der Waals surface area contributed by atoms with Crippen LogP contribution in [0.15, 0.2) is 36.4 Å². The van der Waals surface area contributed by atoms with Crippen molar-refractivity contribution in [2.45, 2.75) is 25.8 Å². The van der Waals surface area contributed by atoms with E-state index >= 15 is 0 Å². The van der Waals surface area contributed by atoms with Crippen molar-refractivity contribution in [1.29, 1.82) is 0 Å². The van der Waals surface area contributed by atoms with Crippen molar-refractivity contribution in [3.05, 3.63) is 73.3 Å². The average molecular weight is 442 g/mol. The molecule has 1 aliphatic rings. The number of ether oxygens (including phenoxy) is 1. The quantitative estimate of drug-likeness (QED) is 0.512. The highest BCUT2D eigenvalue weighted by molar-refractivity contribution is 5.97. The SMILES string of the molecule is COc1ccc(C2C(CNC(=O)c3cc([N+](=O)[O-])cc([N+](=O)[O-])c3C)CCCN2C)cc1. The highest BCUT2D eigenvalue weighted by atomic mass is 16.6. The maximum atomic E-state index is 12.9. The second-order valence-corrected chi connectivity index (χ2v) is 7.96. The Labute approximate surface area is 185 Å². The molecule has 0 bridgehead atoms. The van der Waals surface area contributed by atoms with Gasteiger partial charge < -0.3 is 10.1 Å². The first-order valence-corrected chi connectivity index (χ1v) is 10.3. The van der Waals surface area contributed by atoms with Crippen molar-refractivity contribution in [3.63, 3.8) is 0 Å². The van der Waals surface area contributed by atoms with Gasteiger partial charge in [-0.2, -0.15) is 0 Å². The predicted octanol–water partition coefficient (Wildman–Crippen LogP) is 3.63. The van der Waals surface area contributed by atoms with Crippen molar-refractivity contribution >= 4 is 17.3 Å². The van der Waals surface area contributed by atoms with Gasteiger partial charge in [-0.05, 0) is 57.0 Å². The number of nitrogens with one attached hydrogen (secondary N) is 1. The molecule has 1 aliphatic heterocycles. The number of piperidine rings is 1. The summed E-state index contributed by atoms with van der Waals surface area (Å²) in [4.78, 5) is 36.2. The molecule has 2 aromatic carbocycles. The van der Waals surface area contributed by atoms with Crippen LogP contribution in [0.3, 0.4) is 0 Å². The van der Waals surface area contributed by atoms with E-state index in [1.54, 1.807) is 7.11 Å². The topological polar surface area (TPSA) is 128 Å². The zero-order valence-electron chi connectivity index (χ0n) is 18.2. The zero-order chi connectivity index (χ0) is 23.4. The fourth-order valence-electron chi connectivity index (χ4n) is 4.34. The number of hydrogen-bond acceptors (Lipinski definition) is 7. The van der Waals surface area contributed by atoms with E-state index in [1.165, 1.54) is 6.92 Å². The Morgan fingerprint density at radius 1 is 1.19 bits per heavy atom. The fraction of sp³-hybridized carbons (Fsp3) is 0.409. The third-order valence-electron chi connectivity index (χ3n) is 6.01. The summed E-state index contributed by atoms with van der Waals surface area (Å²) >= 11 is 0. The van der Waals surface area contributed by atoms with Crippen LogP contribution in [-0.4, -0.2) is 47.9 Å². The van der Waals surface area contributed by atoms with Crippen molar-refractivity contribution in [2.75, 3.05) is 27.2 Å². The first kappa shape index (κ1) is 23.1. The van der Waals surface area contributed by atoms with Crippen LogP contribution in [0.25, 0.3) is 0 Å². The predicted molar refractivity (Wildman–Crippen MR) is 118 cm³/mol. The highest BCUT2D eigenvalue weighted by Crippen LogP contribution is 2.35. The number of carbonyl (C=O) groups excluding carboxylic acids is 1. The van der Waals surface area contributed by atoms with Crippen LogP contribution >= 0.6 is 0 Å². The van der Waals surface area contributed by atoms with Crippen LogP contribution in [0.1, 0.15) is 40.4 Å². The van der Waals surface area contributed by atoms with Gasteiger partial charge in [-0.3, -0.25) is 29.9 Å². The Balaban J connectivity index is 1.82. The third-order valence-corrected chi connectivity index (χ3v) is 6.01. The van der Waals surface area contributed by atoms with Gasteiger partial charge in [0, 0.05) is 24.2 Å². The normalized spacial score (nSPS) is 18.7. The van der Waals surface area contributed by atoms with E-state index < -0.39 is 27.1 Å². The number of carbonyl (C=O) groups is 1. The molecule has 1 saturated heterocycles. The Bertz CT molecular complexity index is 1020. The minimum Gasteiger partial charge on any atom is -0.497 e. The Kier molecular flexibility index (Phi) is 7.04. The monoisotopic (exact) mass is 442 g/mol. The van der Waals surface area contributed by atoms with Gasteiger partial charge in [0.1, 0.15) is 5.75 Å². The van der Waals surface area contributed by atoms with Crippen molar-refractivity contribution in [3.8, 4) is 5.75 Å². The average Bonchev–Trinajstić information content (AvgIpc) is 2.77. The van der Waals surface area contributed by atoms with E-state index in [0.717, 1.165) is 42.8 Å². The molecule has 3 rings (SSSR count). The molecule has 0 aliphatic carbocycles. The minimum absolute atomic E-state index is 0.0592. The van der Waals surface area contributed by atoms with Gasteiger partial charge in [-0.15, -0.1) is 0 Å². The lowest BCUT2D eigenvalue weighted by Gasteiger charge is -2.39. The number of amides is 1. The second-order valence-electron chi connectivity index (χ2n) is 7.96. The number of hydrogen-bond donors (Lipinski definition) is 1. The van der Waals surface area contributed by atoms with Crippen molar-refractivity contribution < 1.29 is 19.4 Å². The first-order chi connectivity index (χ1) is 15.2. The molecule has 2 atom stereocenters. The number of non-ortho nitro benzene ring substituents is 1. The summed E-state index contributed by atoms with van der Waals surface area (Å²) in [6, 6.07) is 9.86. The van der Waals surface area contributed by atoms with Crippen LogP contribution in [0, 0.1) is 33.1 Å². The van der Waals surface area contributed by atoms with Gasteiger partial charge in [0.15, 0.2) is 0 Å². The minimum atomic E-state index is -0.737. The number of nitro groups is 2. The van der Waals surface area contributed by atoms with Crippen molar-refractivity contribution in [1.82, 2.24) is 10.2 Å². The molecule has 0 aromatic heterocycles. The van der Waals surface area contributed by atoms with E-state index in [0.29, 0.717) is 6.54 Å². The molecule has 10 heteroatoms. The Hall–Kier alpha value is -3.53. The van der Waals surface area contributed by atoms with Crippen LogP contribution in [0.2, 0.25) is 0 Å². The van der Waals surface area contributed by atoms with Crippen LogP contribution in [-0.2, 0) is 0 Å². The highest BCUT2D eigenvalue weighted by Gasteiger charge is 2.31. The van der Waals surface area contributed by atoms with Gasteiger partial charge in [0.25, 0.3) is 17.3 Å². The lowest BCUT2D eigenvalue weighted by molar-refractivity contribution is -0.394. The number of nitro benzene ring substituents is 2. The molecule has 0 spiro atoms. The lowest BCUT2D eigenvalue weighted by atomic mass is 9.84. The van der Waals surface area contributed by atoms with Crippen LogP contribution in [0.4, 0.5) is 11.4 Å². The first-order valence-electron chi connectivity index (χ1n) is 10.3. The fourth-order valence-corrected chi connectivity index (χ4v) is 4.34. The number of benzene rings is 2. The van der Waals surface area contributed by atoms with Gasteiger partial charge in [-0.1, -0.05) is 12.1 Å². The van der Waals surface area contributed by atoms with Crippen molar-refractivity contribution in [2.24, 2.45) is 5.92 Å². The molecule has 170 valence electrons. The smallest absolute Gasteiger partial charge is 0.279 e. The summed E-state index contributed by atoms with van der Waals surface area (Å²) < 4.78 is 5.24. The zero-order valence-corrected chi connectivity index (χ0v) is 18.2. The number of methoxy groups -OCH3 is 1. The third kappa shape index (κ3) is 4.86. The lowest BCUT2D eigenvalue weighted by Crippen LogP contribution is -2.41. The van der Waals surface area contributed by atoms with Crippen LogP contribution in [0.5, 0.6) is 5.75 Å². The maximum absolute atomic E-state index is 12.9. The molecule has 10 nitrogen and oxygen atoms in total. The molecule has 0 radical (unpaired) electrons. The Morgan fingerprint density at radius 3 is 2.47 bits per heavy atom. The standard InChI is InChI=1S/C22H26N4O6/c1-14-19(11-17(25(28)29)12-20(14)26(30)31)22(27)23-13-16-5-4-10-24(2)21(16)15-6-8-18(32-3)9-7-15/h6-9,11-12,16,21H,4-5,10,13H2,1-3H3,(H,23,27). The number of rotatable bonds is 7. The molecule has 1 N–H and O–H groups in total. The molecule has 0 saturated carbocycles. The van der Waals surface area contributed by atoms with Gasteiger partial charge >= 0.3 is 0 Å². The molecule has 2 aromatic rings. The van der Waals surface area contributed by atoms with Gasteiger partial charge in [-0.25, -0.2) is 0 Å². The maximum Gasteiger partial charge on any atom is 0.279 e. The summed E-state index contributed by atoms with van der Waals surface area (Å²) in [6.45, 7) is 2.69. The molecular formula is C22H26N4O6. The molecular weight excluding hydrogens is 416 g/mol. The van der Waals surface area contributed by atoms with E-state index in [9.17, 15) is 25.0 Å². The molecule has 2 unspecified atom stereocenters. The van der Waals surface area contributed by atoms with E-state index in [4.69, 9.17) is 4.74 Å². The second kappa shape index (κ2) is 9.73. The summed E-state index contributed by atoms with van der Waals surface area (Å²) in [6.07, 6.45) is 1.88. The summed E-state index contributed by atoms with van der Waals surface area (Å²) in [5.74, 6) is 0.316. The van der Waals surface area contributed by atoms with E-state index in [1.807, 2.05) is 31.3 Å². The van der Waals surface area contributed by atoms with E-state index in [-0.39, 0.29) is 23.1 Å². The summed E-state index contributed by atoms with van der Waals surface area (Å²) in [7, 11) is 3.65. The summed E-state index contributed by atoms with van der Waals surface area (Å²) in [5, 5.41) is 25.3. The van der Waals surface area contributed by atoms with Gasteiger partial charge in [0.05, 0.1) is 28.6 Å². The molecule has 1 amide bonds. The molecule has 1 fully saturated rings. The summed E-state index contributed by atoms with van der Waals surface area (Å²) in [5.41, 5.74) is 0.217. The van der Waals surface area contributed by atoms with Crippen LogP contribution < -0.4 is 10.1 Å². The Morgan fingerprint density at radius 2 is 1.88 bits per heavy atom. The largest absolute Gasteiger partial charge is 0.497 e. The molecule has 1 heterocycles. The van der Waals surface area contributed by atoms with Gasteiger partial charge in [0.2, 0.25) is 0 Å². The number of nitrogens with zero attached hydrogens (tertiary/aromatic N) is 3. The van der Waals surface area contributed by atoms with E-state index in [2.05, 4.69) is 10.2 Å². The number of likely N-dealkylation sites (tertiary alicyclic amines) is 1. The molecule has 32 heavy (non-hydrogen) atoms.